The van der Waals surface area contributed by atoms with Crippen LogP contribution >= 0.6 is 7.37 Å². The van der Waals surface area contributed by atoms with E-state index in [1.54, 1.807) is 31.4 Å². The second-order valence-corrected chi connectivity index (χ2v) is 12.3. The normalized spacial score (nSPS) is 24.1. The first-order chi connectivity index (χ1) is 20.1. The Hall–Kier alpha value is -3.29. The van der Waals surface area contributed by atoms with E-state index in [0.717, 1.165) is 16.7 Å². The lowest BCUT2D eigenvalue weighted by Gasteiger charge is -2.44. The van der Waals surface area contributed by atoms with Crippen molar-refractivity contribution in [3.05, 3.63) is 132 Å². The topological polar surface area (TPSA) is 83.5 Å². The molecule has 0 unspecified atom stereocenters. The summed E-state index contributed by atoms with van der Waals surface area (Å²) in [6.45, 7) is 0.895. The molecule has 0 aliphatic carbocycles. The smallest absolute Gasteiger partial charge is 0.262 e. The van der Waals surface area contributed by atoms with E-state index in [0.29, 0.717) is 17.7 Å². The molecular formula is C33H35O7P. The van der Waals surface area contributed by atoms with Gasteiger partial charge in [0, 0.05) is 5.30 Å². The van der Waals surface area contributed by atoms with Crippen molar-refractivity contribution >= 4 is 12.7 Å². The highest BCUT2D eigenvalue weighted by atomic mass is 31.2. The van der Waals surface area contributed by atoms with Crippen LogP contribution in [0.2, 0.25) is 0 Å². The van der Waals surface area contributed by atoms with Crippen LogP contribution in [-0.4, -0.2) is 43.0 Å². The molecular weight excluding hydrogens is 539 g/mol. The van der Waals surface area contributed by atoms with Crippen molar-refractivity contribution < 1.29 is 33.1 Å². The molecule has 5 rings (SSSR count). The largest absolute Gasteiger partial charge is 0.497 e. The van der Waals surface area contributed by atoms with Gasteiger partial charge in [-0.2, -0.15) is 0 Å². The lowest BCUT2D eigenvalue weighted by atomic mass is 10.1. The Balaban J connectivity index is 1.45. The molecule has 1 aliphatic rings. The number of aliphatic hydroxyl groups is 1. The van der Waals surface area contributed by atoms with Crippen LogP contribution < -0.4 is 10.0 Å². The molecule has 8 heteroatoms. The van der Waals surface area contributed by atoms with Gasteiger partial charge in [0.15, 0.2) is 5.85 Å². The van der Waals surface area contributed by atoms with Gasteiger partial charge >= 0.3 is 0 Å². The number of hydrogen-bond donors (Lipinski definition) is 1. The molecule has 0 aromatic heterocycles. The van der Waals surface area contributed by atoms with Gasteiger partial charge in [0.25, 0.3) is 7.37 Å². The number of benzene rings is 4. The molecule has 0 amide bonds. The van der Waals surface area contributed by atoms with Gasteiger partial charge in [0.05, 0.1) is 33.5 Å². The van der Waals surface area contributed by atoms with Crippen molar-refractivity contribution in [2.24, 2.45) is 0 Å². The number of ether oxygens (including phenoxy) is 4. The number of hydrogen-bond acceptors (Lipinski definition) is 7. The first-order valence-electron chi connectivity index (χ1n) is 13.6. The van der Waals surface area contributed by atoms with Crippen molar-refractivity contribution in [1.82, 2.24) is 0 Å². The van der Waals surface area contributed by atoms with E-state index in [9.17, 15) is 9.67 Å². The minimum atomic E-state index is -3.85. The standard InChI is InChI=1S/C33H35O7P/c1-36-28-17-19-29(20-18-28)41(35)33(34)32(39-23-27-15-9-4-10-16-27)31(38-22-26-13-7-3-8-14-26)30(40-41)24-37-21-25-11-5-2-6-12-25/h2-20,30-34H,21-24H2,1H3/t30-,31-,32+,33-,41-/m1/s1. The van der Waals surface area contributed by atoms with E-state index in [1.165, 1.54) is 0 Å². The van der Waals surface area contributed by atoms with Gasteiger partial charge in [0.1, 0.15) is 24.1 Å². The Bertz CT molecular complexity index is 1380. The SMILES string of the molecule is COc1ccc([P@@]2(=O)O[C@H](COCc3ccccc3)[C@@H](OCc3ccccc3)[C@H](OCc3ccccc3)[C@@H]2O)cc1. The van der Waals surface area contributed by atoms with Crippen molar-refractivity contribution in [2.45, 2.75) is 44.0 Å². The molecule has 4 aromatic rings. The molecule has 41 heavy (non-hydrogen) atoms. The monoisotopic (exact) mass is 574 g/mol. The lowest BCUT2D eigenvalue weighted by Crippen LogP contribution is -2.55. The van der Waals surface area contributed by atoms with Crippen LogP contribution in [0.5, 0.6) is 5.75 Å². The van der Waals surface area contributed by atoms with Gasteiger partial charge < -0.3 is 28.6 Å². The van der Waals surface area contributed by atoms with Crippen molar-refractivity contribution in [1.29, 1.82) is 0 Å². The zero-order chi connectivity index (χ0) is 28.5. The number of methoxy groups -OCH3 is 1. The van der Waals surface area contributed by atoms with Crippen LogP contribution in [0, 0.1) is 0 Å². The fraction of sp³-hybridized carbons (Fsp3) is 0.273. The van der Waals surface area contributed by atoms with Gasteiger partial charge in [-0.1, -0.05) is 91.0 Å². The summed E-state index contributed by atoms with van der Waals surface area (Å²) >= 11 is 0. The highest BCUT2D eigenvalue weighted by Gasteiger charge is 2.54. The summed E-state index contributed by atoms with van der Waals surface area (Å²) in [5, 5.41) is 12.0. The van der Waals surface area contributed by atoms with Crippen LogP contribution in [-0.2, 0) is 43.1 Å². The maximum absolute atomic E-state index is 14.5. The maximum atomic E-state index is 14.5. The average Bonchev–Trinajstić information content (AvgIpc) is 3.03. The molecule has 1 saturated heterocycles. The molecule has 1 N–H and O–H groups in total. The third-order valence-corrected chi connectivity index (χ3v) is 9.61. The number of rotatable bonds is 12. The summed E-state index contributed by atoms with van der Waals surface area (Å²) in [6, 6.07) is 35.9. The Labute approximate surface area is 241 Å². The molecule has 0 bridgehead atoms. The fourth-order valence-electron chi connectivity index (χ4n) is 4.81. The molecule has 1 fully saturated rings. The Morgan fingerprint density at radius 1 is 0.683 bits per heavy atom. The lowest BCUT2D eigenvalue weighted by molar-refractivity contribution is -0.174. The summed E-state index contributed by atoms with van der Waals surface area (Å²) in [7, 11) is -2.29. The summed E-state index contributed by atoms with van der Waals surface area (Å²) in [5.74, 6) is -0.860. The Morgan fingerprint density at radius 2 is 1.17 bits per heavy atom. The van der Waals surface area contributed by atoms with Gasteiger partial charge in [0.2, 0.25) is 0 Å². The Kier molecular flexibility index (Phi) is 10.0. The van der Waals surface area contributed by atoms with E-state index in [1.807, 2.05) is 91.0 Å². The first-order valence-corrected chi connectivity index (χ1v) is 15.3. The van der Waals surface area contributed by atoms with Crippen LogP contribution in [0.15, 0.2) is 115 Å². The molecule has 1 heterocycles. The third kappa shape index (κ3) is 7.32. The predicted octanol–water partition coefficient (Wildman–Crippen LogP) is 5.70. The van der Waals surface area contributed by atoms with Crippen molar-refractivity contribution in [2.75, 3.05) is 13.7 Å². The van der Waals surface area contributed by atoms with E-state index < -0.39 is 31.5 Å². The van der Waals surface area contributed by atoms with Crippen molar-refractivity contribution in [3.8, 4) is 5.75 Å². The molecule has 1 aliphatic heterocycles. The van der Waals surface area contributed by atoms with Gasteiger partial charge in [-0.05, 0) is 41.0 Å². The van der Waals surface area contributed by atoms with Crippen LogP contribution in [0.1, 0.15) is 16.7 Å². The summed E-state index contributed by atoms with van der Waals surface area (Å²) in [6.07, 6.45) is -2.49. The van der Waals surface area contributed by atoms with Gasteiger partial charge in [-0.25, -0.2) is 0 Å². The Morgan fingerprint density at radius 3 is 1.68 bits per heavy atom. The summed E-state index contributed by atoms with van der Waals surface area (Å²) in [5.41, 5.74) is 2.88. The zero-order valence-corrected chi connectivity index (χ0v) is 23.8. The zero-order valence-electron chi connectivity index (χ0n) is 23.0. The molecule has 7 nitrogen and oxygen atoms in total. The molecule has 0 spiro atoms. The van der Waals surface area contributed by atoms with Crippen molar-refractivity contribution in [3.63, 3.8) is 0 Å². The molecule has 4 aromatic carbocycles. The van der Waals surface area contributed by atoms with Gasteiger partial charge in [-0.3, -0.25) is 4.57 Å². The average molecular weight is 575 g/mol. The summed E-state index contributed by atoms with van der Waals surface area (Å²) < 4.78 is 44.9. The van der Waals surface area contributed by atoms with E-state index in [2.05, 4.69) is 0 Å². The first kappa shape index (κ1) is 29.2. The van der Waals surface area contributed by atoms with Crippen LogP contribution in [0.3, 0.4) is 0 Å². The minimum Gasteiger partial charge on any atom is -0.497 e. The third-order valence-electron chi connectivity index (χ3n) is 7.02. The molecule has 214 valence electrons. The predicted molar refractivity (Wildman–Crippen MR) is 157 cm³/mol. The second-order valence-electron chi connectivity index (χ2n) is 9.88. The quantitative estimate of drug-likeness (QED) is 0.217. The van der Waals surface area contributed by atoms with Crippen LogP contribution in [0.4, 0.5) is 0 Å². The van der Waals surface area contributed by atoms with E-state index in [-0.39, 0.29) is 19.8 Å². The van der Waals surface area contributed by atoms with Crippen LogP contribution in [0.25, 0.3) is 0 Å². The minimum absolute atomic E-state index is 0.0897. The highest BCUT2D eigenvalue weighted by Crippen LogP contribution is 2.57. The van der Waals surface area contributed by atoms with E-state index in [4.69, 9.17) is 23.5 Å². The number of aliphatic hydroxyl groups excluding tert-OH is 1. The fourth-order valence-corrected chi connectivity index (χ4v) is 7.15. The van der Waals surface area contributed by atoms with Gasteiger partial charge in [-0.15, -0.1) is 0 Å². The molecule has 0 saturated carbocycles. The molecule has 0 radical (unpaired) electrons. The van der Waals surface area contributed by atoms with E-state index >= 15 is 0 Å². The second kappa shape index (κ2) is 14.1. The molecule has 5 atom stereocenters. The highest BCUT2D eigenvalue weighted by molar-refractivity contribution is 7.67. The summed E-state index contributed by atoms with van der Waals surface area (Å²) in [4.78, 5) is 0. The maximum Gasteiger partial charge on any atom is 0.262 e.